The Labute approximate surface area is 228 Å². The molecule has 0 spiro atoms. The Hall–Kier alpha value is -1.95. The second kappa shape index (κ2) is 12.1. The fourth-order valence-corrected chi connectivity index (χ4v) is 3.75. The molecular weight excluding hydrogens is 692 g/mol. The van der Waals surface area contributed by atoms with Crippen molar-refractivity contribution in [1.82, 2.24) is 23.1 Å². The highest BCUT2D eigenvalue weighted by Gasteiger charge is 2.13. The Morgan fingerprint density at radius 2 is 2.03 bits per heavy atom. The lowest BCUT2D eigenvalue weighted by Gasteiger charge is -2.18. The predicted octanol–water partition coefficient (Wildman–Crippen LogP) is 3.22. The molecule has 11 nitrogen and oxygen atoms in total. The number of rotatable bonds is 10. The van der Waals surface area contributed by atoms with Crippen LogP contribution in [0.1, 0.15) is 0 Å². The van der Waals surface area contributed by atoms with Crippen molar-refractivity contribution < 1.29 is 14.4 Å². The Kier molecular flexibility index (Phi) is 9.52. The molecule has 0 aliphatic heterocycles. The molecule has 0 aliphatic carbocycles. The normalized spacial score (nSPS) is 11.0. The number of pyridine rings is 1. The molecule has 0 saturated heterocycles. The number of aromatic nitrogens is 3. The number of nitrogens with one attached hydrogen (secondary N) is 2. The summed E-state index contributed by atoms with van der Waals surface area (Å²) in [4.78, 5) is 37.6. The molecule has 2 heterocycles. The van der Waals surface area contributed by atoms with Crippen LogP contribution in [0.2, 0.25) is 5.02 Å². The second-order valence-electron chi connectivity index (χ2n) is 7.07. The quantitative estimate of drug-likeness (QED) is 0.186. The van der Waals surface area contributed by atoms with Crippen LogP contribution >= 0.6 is 57.3 Å². The van der Waals surface area contributed by atoms with Gasteiger partial charge in [0.05, 0.1) is 41.7 Å². The molecule has 2 N–H and O–H groups in total. The highest BCUT2D eigenvalue weighted by atomic mass is 127. The molecule has 34 heavy (non-hydrogen) atoms. The average molecular weight is 714 g/mol. The molecule has 0 saturated carbocycles. The third-order valence-electron chi connectivity index (χ3n) is 4.58. The molecule has 0 radical (unpaired) electrons. The second-order valence-corrected chi connectivity index (χ2v) is 10.3. The first-order valence-corrected chi connectivity index (χ1v) is 12.2. The van der Waals surface area contributed by atoms with E-state index in [0.717, 1.165) is 18.5 Å². The van der Waals surface area contributed by atoms with Crippen LogP contribution in [0.25, 0.3) is 10.9 Å². The van der Waals surface area contributed by atoms with Crippen LogP contribution in [0.15, 0.2) is 35.3 Å². The number of aryl methyl sites for hydroxylation is 1. The molecule has 0 aliphatic rings. The maximum absolute atomic E-state index is 12.6. The highest BCUT2D eigenvalue weighted by molar-refractivity contribution is 14.1. The van der Waals surface area contributed by atoms with Gasteiger partial charge in [-0.05, 0) is 31.3 Å². The average Bonchev–Trinajstić information content (AvgIpc) is 2.80. The van der Waals surface area contributed by atoms with Crippen LogP contribution in [-0.4, -0.2) is 57.4 Å². The van der Waals surface area contributed by atoms with E-state index >= 15 is 0 Å². The minimum atomic E-state index is -0.510. The first kappa shape index (κ1) is 26.7. The van der Waals surface area contributed by atoms with Gasteiger partial charge in [-0.1, -0.05) is 11.6 Å². The SMILES string of the molecule is CONC(=O)COc1cc2cc(Nc3nc(N(I)CCN(C)I)ncc3Cl)ccc2n(C)c1=O. The van der Waals surface area contributed by atoms with E-state index in [1.807, 2.05) is 25.4 Å². The monoisotopic (exact) mass is 713 g/mol. The summed E-state index contributed by atoms with van der Waals surface area (Å²) in [5.41, 5.74) is 3.18. The molecule has 0 atom stereocenters. The maximum atomic E-state index is 12.6. The summed E-state index contributed by atoms with van der Waals surface area (Å²) in [5, 5.41) is 4.30. The molecule has 0 bridgehead atoms. The van der Waals surface area contributed by atoms with Gasteiger partial charge in [0.15, 0.2) is 18.2 Å². The number of nitrogens with zero attached hydrogens (tertiary/aromatic N) is 5. The summed E-state index contributed by atoms with van der Waals surface area (Å²) in [7, 11) is 4.94. The lowest BCUT2D eigenvalue weighted by atomic mass is 10.2. The fourth-order valence-electron chi connectivity index (χ4n) is 2.95. The summed E-state index contributed by atoms with van der Waals surface area (Å²) in [6.07, 6.45) is 1.55. The molecule has 182 valence electrons. The van der Waals surface area contributed by atoms with Crippen LogP contribution < -0.4 is 24.2 Å². The smallest absolute Gasteiger partial charge is 0.293 e. The Balaban J connectivity index is 1.86. The van der Waals surface area contributed by atoms with Crippen molar-refractivity contribution in [2.75, 3.05) is 42.3 Å². The lowest BCUT2D eigenvalue weighted by molar-refractivity contribution is -0.133. The zero-order valence-corrected chi connectivity index (χ0v) is 23.6. The van der Waals surface area contributed by atoms with Gasteiger partial charge in [0, 0.05) is 54.1 Å². The predicted molar refractivity (Wildman–Crippen MR) is 148 cm³/mol. The first-order chi connectivity index (χ1) is 16.2. The fraction of sp³-hybridized carbons (Fsp3) is 0.300. The highest BCUT2D eigenvalue weighted by Crippen LogP contribution is 2.28. The van der Waals surface area contributed by atoms with E-state index in [0.29, 0.717) is 28.0 Å². The number of hydrogen-bond donors (Lipinski definition) is 2. The molecule has 0 fully saturated rings. The van der Waals surface area contributed by atoms with Crippen molar-refractivity contribution in [3.05, 3.63) is 45.8 Å². The molecule has 1 aromatic carbocycles. The number of fused-ring (bicyclic) bond motifs is 1. The lowest BCUT2D eigenvalue weighted by Crippen LogP contribution is -2.29. The van der Waals surface area contributed by atoms with Gasteiger partial charge in [-0.15, -0.1) is 0 Å². The Morgan fingerprint density at radius 1 is 1.26 bits per heavy atom. The number of amides is 1. The van der Waals surface area contributed by atoms with Gasteiger partial charge < -0.3 is 14.6 Å². The molecular formula is C20H22ClI2N7O4. The van der Waals surface area contributed by atoms with Crippen molar-refractivity contribution >= 4 is 91.6 Å². The van der Waals surface area contributed by atoms with Crippen LogP contribution in [-0.2, 0) is 16.7 Å². The zero-order chi connectivity index (χ0) is 24.8. The molecule has 3 rings (SSSR count). The van der Waals surface area contributed by atoms with Crippen molar-refractivity contribution in [2.45, 2.75) is 0 Å². The number of likely N-dealkylation sites (N-methyl/N-ethyl adjacent to an activating group) is 1. The van der Waals surface area contributed by atoms with Crippen LogP contribution in [0.3, 0.4) is 0 Å². The summed E-state index contributed by atoms with van der Waals surface area (Å²) in [5.74, 6) is 0.511. The number of ether oxygens (including phenoxy) is 1. The number of benzene rings is 1. The van der Waals surface area contributed by atoms with Crippen molar-refractivity contribution in [3.63, 3.8) is 0 Å². The number of anilines is 3. The number of hydrogen-bond acceptors (Lipinski definition) is 9. The number of hydroxylamine groups is 1. The Morgan fingerprint density at radius 3 is 2.74 bits per heavy atom. The summed E-state index contributed by atoms with van der Waals surface area (Å²) < 4.78 is 10.8. The third-order valence-corrected chi connectivity index (χ3v) is 6.25. The largest absolute Gasteiger partial charge is 0.478 e. The van der Waals surface area contributed by atoms with E-state index < -0.39 is 5.91 Å². The van der Waals surface area contributed by atoms with Crippen LogP contribution in [0, 0.1) is 0 Å². The van der Waals surface area contributed by atoms with Crippen LogP contribution in [0.5, 0.6) is 5.75 Å². The molecule has 3 aromatic rings. The summed E-state index contributed by atoms with van der Waals surface area (Å²) in [6, 6.07) is 7.04. The van der Waals surface area contributed by atoms with Gasteiger partial charge in [0.2, 0.25) is 5.95 Å². The van der Waals surface area contributed by atoms with Gasteiger partial charge in [0.25, 0.3) is 11.5 Å². The molecule has 1 amide bonds. The minimum absolute atomic E-state index is 0.0431. The van der Waals surface area contributed by atoms with Gasteiger partial charge >= 0.3 is 0 Å². The van der Waals surface area contributed by atoms with Crippen molar-refractivity contribution in [2.24, 2.45) is 7.05 Å². The molecule has 2 aromatic heterocycles. The van der Waals surface area contributed by atoms with Gasteiger partial charge in [-0.25, -0.2) is 13.6 Å². The molecule has 14 heteroatoms. The van der Waals surface area contributed by atoms with Gasteiger partial charge in [-0.3, -0.25) is 17.5 Å². The minimum Gasteiger partial charge on any atom is -0.478 e. The van der Waals surface area contributed by atoms with Crippen molar-refractivity contribution in [3.8, 4) is 5.75 Å². The topological polar surface area (TPSA) is 114 Å². The standard InChI is InChI=1S/C20H22ClI2N7O4/c1-28(22)6-7-30(23)20-24-10-14(21)18(26-20)25-13-4-5-15-12(8-13)9-16(19(32)29(15)2)34-11-17(31)27-33-3/h4-5,8-10H,6-7,11H2,1-3H3,(H,27,31)(H,24,25,26). The van der Waals surface area contributed by atoms with E-state index in [2.05, 4.69) is 71.3 Å². The van der Waals surface area contributed by atoms with Gasteiger partial charge in [0.1, 0.15) is 5.02 Å². The van der Waals surface area contributed by atoms with E-state index in [9.17, 15) is 9.59 Å². The molecule has 0 unspecified atom stereocenters. The van der Waals surface area contributed by atoms with E-state index in [1.165, 1.54) is 11.7 Å². The zero-order valence-electron chi connectivity index (χ0n) is 18.5. The van der Waals surface area contributed by atoms with Gasteiger partial charge in [-0.2, -0.15) is 4.98 Å². The first-order valence-electron chi connectivity index (χ1n) is 9.87. The summed E-state index contributed by atoms with van der Waals surface area (Å²) >= 11 is 10.7. The number of halogens is 3. The number of carbonyl (C=O) groups excluding carboxylic acids is 1. The van der Waals surface area contributed by atoms with E-state index in [1.54, 1.807) is 25.4 Å². The maximum Gasteiger partial charge on any atom is 0.293 e. The third kappa shape index (κ3) is 6.80. The van der Waals surface area contributed by atoms with Crippen molar-refractivity contribution in [1.29, 1.82) is 0 Å². The van der Waals surface area contributed by atoms with E-state index in [4.69, 9.17) is 16.3 Å². The van der Waals surface area contributed by atoms with Crippen LogP contribution in [0.4, 0.5) is 17.5 Å². The Bertz CT molecular complexity index is 1240. The number of carbonyl (C=O) groups is 1. The van der Waals surface area contributed by atoms with E-state index in [-0.39, 0.29) is 17.9 Å². The summed E-state index contributed by atoms with van der Waals surface area (Å²) in [6.45, 7) is 1.21.